The van der Waals surface area contributed by atoms with Crippen molar-refractivity contribution in [2.45, 2.75) is 33.0 Å². The van der Waals surface area contributed by atoms with Gasteiger partial charge in [-0.25, -0.2) is 4.79 Å². The number of fused-ring (bicyclic) bond motifs is 1. The van der Waals surface area contributed by atoms with Crippen LogP contribution in [0.2, 0.25) is 0 Å². The number of benzene rings is 1. The normalized spacial score (nSPS) is 14.0. The quantitative estimate of drug-likeness (QED) is 0.552. The number of ether oxygens (including phenoxy) is 2. The largest absolute Gasteiger partial charge is 0.488 e. The number of rotatable bonds is 6. The molecular formula is C24H28N4O4. The standard InChI is InChI=1S/C24H28N4O4/c1-17-19(14-25-26(17)2)15-27-10-9-20-23(24(30)31-3)21(13-22(29)28(20)12-11-27)32-16-18-7-5-4-6-8-18/h4-8,13-14H,9-12,15-16H2,1-3H3. The minimum absolute atomic E-state index is 0.171. The molecule has 4 rings (SSSR count). The molecular weight excluding hydrogens is 408 g/mol. The molecule has 0 N–H and O–H groups in total. The van der Waals surface area contributed by atoms with Gasteiger partial charge >= 0.3 is 5.97 Å². The Morgan fingerprint density at radius 2 is 1.94 bits per heavy atom. The summed E-state index contributed by atoms with van der Waals surface area (Å²) in [5, 5.41) is 4.32. The van der Waals surface area contributed by atoms with Crippen molar-refractivity contribution in [2.24, 2.45) is 7.05 Å². The Kier molecular flexibility index (Phi) is 6.41. The maximum atomic E-state index is 12.9. The molecule has 0 bridgehead atoms. The molecule has 0 amide bonds. The number of nitrogens with zero attached hydrogens (tertiary/aromatic N) is 4. The first kappa shape index (κ1) is 21.8. The molecule has 0 saturated heterocycles. The molecule has 1 aliphatic rings. The van der Waals surface area contributed by atoms with Crippen LogP contribution in [0.15, 0.2) is 47.4 Å². The van der Waals surface area contributed by atoms with E-state index in [0.717, 1.165) is 23.4 Å². The molecule has 2 aromatic heterocycles. The lowest BCUT2D eigenvalue weighted by Gasteiger charge is -2.19. The molecule has 0 radical (unpaired) electrons. The molecule has 8 nitrogen and oxygen atoms in total. The lowest BCUT2D eigenvalue weighted by molar-refractivity contribution is 0.0592. The fourth-order valence-electron chi connectivity index (χ4n) is 4.06. The van der Waals surface area contributed by atoms with E-state index in [2.05, 4.69) is 10.00 Å². The van der Waals surface area contributed by atoms with Crippen molar-refractivity contribution in [2.75, 3.05) is 20.2 Å². The summed E-state index contributed by atoms with van der Waals surface area (Å²) in [5.74, 6) is -0.220. The Hall–Kier alpha value is -3.39. The van der Waals surface area contributed by atoms with Crippen LogP contribution in [0.25, 0.3) is 0 Å². The summed E-state index contributed by atoms with van der Waals surface area (Å²) in [4.78, 5) is 27.9. The minimum atomic E-state index is -0.492. The van der Waals surface area contributed by atoms with Crippen LogP contribution >= 0.6 is 0 Å². The highest BCUT2D eigenvalue weighted by atomic mass is 16.5. The SMILES string of the molecule is COC(=O)c1c(OCc2ccccc2)cc(=O)n2c1CCN(Cc1cnn(C)c1C)CC2. The third-order valence-corrected chi connectivity index (χ3v) is 6.04. The van der Waals surface area contributed by atoms with Crippen LogP contribution in [-0.2, 0) is 37.9 Å². The average molecular weight is 437 g/mol. The number of aryl methyl sites for hydroxylation is 1. The molecule has 8 heteroatoms. The number of aromatic nitrogens is 3. The highest BCUT2D eigenvalue weighted by Gasteiger charge is 2.26. The van der Waals surface area contributed by atoms with Crippen LogP contribution in [0, 0.1) is 6.92 Å². The first-order valence-corrected chi connectivity index (χ1v) is 10.7. The van der Waals surface area contributed by atoms with Gasteiger partial charge in [-0.1, -0.05) is 30.3 Å². The van der Waals surface area contributed by atoms with E-state index in [9.17, 15) is 9.59 Å². The van der Waals surface area contributed by atoms with Crippen molar-refractivity contribution in [3.8, 4) is 5.75 Å². The van der Waals surface area contributed by atoms with Gasteiger partial charge in [-0.15, -0.1) is 0 Å². The van der Waals surface area contributed by atoms with E-state index < -0.39 is 5.97 Å². The molecule has 1 aromatic carbocycles. The van der Waals surface area contributed by atoms with Crippen LogP contribution in [0.4, 0.5) is 0 Å². The van der Waals surface area contributed by atoms with Crippen molar-refractivity contribution >= 4 is 5.97 Å². The second-order valence-corrected chi connectivity index (χ2v) is 7.99. The molecule has 3 aromatic rings. The van der Waals surface area contributed by atoms with Gasteiger partial charge < -0.3 is 14.0 Å². The summed E-state index contributed by atoms with van der Waals surface area (Å²) < 4.78 is 14.5. The minimum Gasteiger partial charge on any atom is -0.488 e. The number of pyridine rings is 1. The Balaban J connectivity index is 1.61. The van der Waals surface area contributed by atoms with Crippen molar-refractivity contribution < 1.29 is 14.3 Å². The Labute approximate surface area is 187 Å². The van der Waals surface area contributed by atoms with Gasteiger partial charge in [-0.05, 0) is 12.5 Å². The highest BCUT2D eigenvalue weighted by molar-refractivity contribution is 5.93. The summed E-state index contributed by atoms with van der Waals surface area (Å²) in [5.41, 5.74) is 4.06. The molecule has 32 heavy (non-hydrogen) atoms. The van der Waals surface area contributed by atoms with E-state index >= 15 is 0 Å². The second-order valence-electron chi connectivity index (χ2n) is 7.99. The molecule has 0 saturated carbocycles. The molecule has 168 valence electrons. The zero-order valence-corrected chi connectivity index (χ0v) is 18.7. The van der Waals surface area contributed by atoms with E-state index in [0.29, 0.717) is 37.3 Å². The third kappa shape index (κ3) is 4.45. The van der Waals surface area contributed by atoms with Gasteiger partial charge in [-0.2, -0.15) is 5.10 Å². The van der Waals surface area contributed by atoms with Gasteiger partial charge in [0.05, 0.1) is 13.3 Å². The number of carbonyl (C=O) groups excluding carboxylic acids is 1. The second kappa shape index (κ2) is 9.40. The Morgan fingerprint density at radius 1 is 1.16 bits per heavy atom. The molecule has 0 fully saturated rings. The third-order valence-electron chi connectivity index (χ3n) is 6.04. The van der Waals surface area contributed by atoms with Gasteiger partial charge in [-0.3, -0.25) is 14.4 Å². The smallest absolute Gasteiger partial charge is 0.343 e. The highest BCUT2D eigenvalue weighted by Crippen LogP contribution is 2.25. The first-order valence-electron chi connectivity index (χ1n) is 10.7. The summed E-state index contributed by atoms with van der Waals surface area (Å²) in [6.07, 6.45) is 2.43. The lowest BCUT2D eigenvalue weighted by atomic mass is 10.1. The number of methoxy groups -OCH3 is 1. The first-order chi connectivity index (χ1) is 15.5. The predicted octanol–water partition coefficient (Wildman–Crippen LogP) is 2.31. The molecule has 0 unspecified atom stereocenters. The van der Waals surface area contributed by atoms with Crippen LogP contribution in [0.1, 0.15) is 32.9 Å². The molecule has 0 spiro atoms. The summed E-state index contributed by atoms with van der Waals surface area (Å²) >= 11 is 0. The van der Waals surface area contributed by atoms with Gasteiger partial charge in [0.15, 0.2) is 0 Å². The fourth-order valence-corrected chi connectivity index (χ4v) is 4.06. The summed E-state index contributed by atoms with van der Waals surface area (Å²) in [6, 6.07) is 11.0. The lowest BCUT2D eigenvalue weighted by Crippen LogP contribution is -2.29. The van der Waals surface area contributed by atoms with E-state index in [1.807, 2.05) is 55.2 Å². The number of hydrogen-bond donors (Lipinski definition) is 0. The van der Waals surface area contributed by atoms with Crippen molar-refractivity contribution in [1.29, 1.82) is 0 Å². The van der Waals surface area contributed by atoms with E-state index in [1.165, 1.54) is 13.2 Å². The van der Waals surface area contributed by atoms with Crippen molar-refractivity contribution in [3.63, 3.8) is 0 Å². The fraction of sp³-hybridized carbons (Fsp3) is 0.375. The van der Waals surface area contributed by atoms with E-state index in [4.69, 9.17) is 9.47 Å². The zero-order chi connectivity index (χ0) is 22.7. The monoisotopic (exact) mass is 436 g/mol. The topological polar surface area (TPSA) is 78.6 Å². The number of hydrogen-bond acceptors (Lipinski definition) is 6. The number of esters is 1. The van der Waals surface area contributed by atoms with Crippen LogP contribution in [0.5, 0.6) is 5.75 Å². The van der Waals surface area contributed by atoms with Crippen LogP contribution < -0.4 is 10.3 Å². The summed E-state index contributed by atoms with van der Waals surface area (Å²) in [6.45, 7) is 4.96. The van der Waals surface area contributed by atoms with Crippen LogP contribution in [0.3, 0.4) is 0 Å². The number of carbonyl (C=O) groups is 1. The van der Waals surface area contributed by atoms with Crippen molar-refractivity contribution in [3.05, 3.63) is 81.0 Å². The van der Waals surface area contributed by atoms with Crippen molar-refractivity contribution in [1.82, 2.24) is 19.2 Å². The summed E-state index contributed by atoms with van der Waals surface area (Å²) in [7, 11) is 3.27. The molecule has 0 aliphatic carbocycles. The Morgan fingerprint density at radius 3 is 2.62 bits per heavy atom. The van der Waals surface area contributed by atoms with Gasteiger partial charge in [0.1, 0.15) is 17.9 Å². The van der Waals surface area contributed by atoms with Gasteiger partial charge in [0.25, 0.3) is 5.56 Å². The Bertz CT molecular complexity index is 1170. The van der Waals surface area contributed by atoms with Crippen LogP contribution in [-0.4, -0.2) is 45.4 Å². The zero-order valence-electron chi connectivity index (χ0n) is 18.7. The maximum Gasteiger partial charge on any atom is 0.343 e. The molecule has 0 atom stereocenters. The molecule has 1 aliphatic heterocycles. The van der Waals surface area contributed by atoms with Gasteiger partial charge in [0, 0.05) is 62.7 Å². The molecule has 3 heterocycles. The maximum absolute atomic E-state index is 12.9. The van der Waals surface area contributed by atoms with E-state index in [-0.39, 0.29) is 17.9 Å². The predicted molar refractivity (Wildman–Crippen MR) is 120 cm³/mol. The average Bonchev–Trinajstić information content (AvgIpc) is 2.99. The van der Waals surface area contributed by atoms with E-state index in [1.54, 1.807) is 4.57 Å². The van der Waals surface area contributed by atoms with Gasteiger partial charge in [0.2, 0.25) is 0 Å².